The van der Waals surface area contributed by atoms with Crippen LogP contribution in [0.4, 0.5) is 10.5 Å². The number of carbonyl (C=O) groups is 1. The first-order chi connectivity index (χ1) is 18.0. The number of hydrogen-bond donors (Lipinski definition) is 1. The summed E-state index contributed by atoms with van der Waals surface area (Å²) in [5.41, 5.74) is 6.24. The number of carbonyl (C=O) groups excluding carboxylic acids is 1. The van der Waals surface area contributed by atoms with Crippen LogP contribution in [0.5, 0.6) is 0 Å². The van der Waals surface area contributed by atoms with Gasteiger partial charge in [-0.05, 0) is 62.2 Å². The number of piperidine rings is 1. The van der Waals surface area contributed by atoms with Gasteiger partial charge in [-0.1, -0.05) is 41.4 Å². The summed E-state index contributed by atoms with van der Waals surface area (Å²) in [7, 11) is 0. The minimum absolute atomic E-state index is 0.00778. The second-order valence-electron chi connectivity index (χ2n) is 10.3. The Bertz CT molecular complexity index is 1330. The van der Waals surface area contributed by atoms with Crippen molar-refractivity contribution in [3.8, 4) is 0 Å². The third kappa shape index (κ3) is 5.00. The highest BCUT2D eigenvalue weighted by molar-refractivity contribution is 7.16. The van der Waals surface area contributed by atoms with Gasteiger partial charge in [-0.2, -0.15) is 0 Å². The smallest absolute Gasteiger partial charge is 0.321 e. The number of rotatable bonds is 5. The molecule has 1 atom stereocenters. The zero-order chi connectivity index (χ0) is 25.4. The Morgan fingerprint density at radius 2 is 2.08 bits per heavy atom. The minimum Gasteiger partial charge on any atom is -0.381 e. The van der Waals surface area contributed by atoms with E-state index in [4.69, 9.17) is 32.9 Å². The number of thiazole rings is 1. The lowest BCUT2D eigenvalue weighted by molar-refractivity contribution is 0.180. The molecule has 6 nitrogen and oxygen atoms in total. The summed E-state index contributed by atoms with van der Waals surface area (Å²) in [6, 6.07) is 9.91. The number of fused-ring (bicyclic) bond motifs is 4. The van der Waals surface area contributed by atoms with E-state index in [0.29, 0.717) is 29.1 Å². The number of urea groups is 1. The van der Waals surface area contributed by atoms with E-state index in [-0.39, 0.29) is 11.4 Å². The Kier molecular flexibility index (Phi) is 7.16. The molecule has 3 aliphatic heterocycles. The van der Waals surface area contributed by atoms with Crippen LogP contribution in [0.25, 0.3) is 16.3 Å². The zero-order valence-corrected chi connectivity index (χ0v) is 22.9. The normalized spacial score (nSPS) is 21.4. The van der Waals surface area contributed by atoms with Gasteiger partial charge < -0.3 is 10.1 Å². The highest BCUT2D eigenvalue weighted by atomic mass is 35.5. The van der Waals surface area contributed by atoms with Crippen LogP contribution >= 0.6 is 34.5 Å². The lowest BCUT2D eigenvalue weighted by Crippen LogP contribution is -2.48. The predicted octanol–water partition coefficient (Wildman–Crippen LogP) is 6.22. The van der Waals surface area contributed by atoms with Crippen molar-refractivity contribution < 1.29 is 9.53 Å². The molecule has 194 valence electrons. The number of halogens is 2. The molecule has 3 aromatic rings. The molecule has 9 heteroatoms. The van der Waals surface area contributed by atoms with Crippen LogP contribution in [0.2, 0.25) is 10.0 Å². The molecule has 6 rings (SSSR count). The summed E-state index contributed by atoms with van der Waals surface area (Å²) < 4.78 is 6.67. The first-order valence-electron chi connectivity index (χ1n) is 12.9. The zero-order valence-electron chi connectivity index (χ0n) is 20.6. The number of amides is 2. The Hall–Kier alpha value is -2.16. The van der Waals surface area contributed by atoms with Crippen LogP contribution in [0.15, 0.2) is 41.9 Å². The minimum atomic E-state index is -0.0688. The molecule has 0 saturated carbocycles. The average molecular weight is 558 g/mol. The number of aromatic nitrogens is 1. The molecule has 2 amide bonds. The van der Waals surface area contributed by atoms with Crippen LogP contribution in [0.3, 0.4) is 0 Å². The van der Waals surface area contributed by atoms with Gasteiger partial charge in [0.25, 0.3) is 0 Å². The maximum atomic E-state index is 13.4. The molecule has 4 heterocycles. The van der Waals surface area contributed by atoms with Crippen molar-refractivity contribution in [1.29, 1.82) is 0 Å². The summed E-state index contributed by atoms with van der Waals surface area (Å²) >= 11 is 13.9. The van der Waals surface area contributed by atoms with Crippen molar-refractivity contribution >= 4 is 62.5 Å². The maximum Gasteiger partial charge on any atom is 0.321 e. The lowest BCUT2D eigenvalue weighted by atomic mass is 9.74. The van der Waals surface area contributed by atoms with Crippen LogP contribution < -0.4 is 10.2 Å². The number of ether oxygens (including phenoxy) is 1. The van der Waals surface area contributed by atoms with Gasteiger partial charge >= 0.3 is 6.03 Å². The molecule has 0 bridgehead atoms. The van der Waals surface area contributed by atoms with Gasteiger partial charge in [0.15, 0.2) is 0 Å². The van der Waals surface area contributed by atoms with Crippen LogP contribution in [-0.4, -0.2) is 61.9 Å². The molecule has 2 saturated heterocycles. The molecule has 3 aliphatic rings. The predicted molar refractivity (Wildman–Crippen MR) is 152 cm³/mol. The number of nitrogens with one attached hydrogen (secondary N) is 1. The second kappa shape index (κ2) is 10.5. The topological polar surface area (TPSA) is 57.7 Å². The third-order valence-electron chi connectivity index (χ3n) is 8.00. The molecule has 37 heavy (non-hydrogen) atoms. The highest BCUT2D eigenvalue weighted by Crippen LogP contribution is 2.50. The lowest BCUT2D eigenvalue weighted by Gasteiger charge is -2.39. The summed E-state index contributed by atoms with van der Waals surface area (Å²) in [5, 5.41) is 4.33. The summed E-state index contributed by atoms with van der Waals surface area (Å²) in [6.45, 7) is 5.71. The Morgan fingerprint density at radius 3 is 2.86 bits per heavy atom. The van der Waals surface area contributed by atoms with E-state index in [0.717, 1.165) is 68.9 Å². The largest absolute Gasteiger partial charge is 0.381 e. The van der Waals surface area contributed by atoms with Crippen LogP contribution in [0.1, 0.15) is 30.4 Å². The van der Waals surface area contributed by atoms with Gasteiger partial charge in [-0.15, -0.1) is 11.3 Å². The van der Waals surface area contributed by atoms with E-state index < -0.39 is 0 Å². The molecule has 1 aromatic heterocycles. The summed E-state index contributed by atoms with van der Waals surface area (Å²) in [6.07, 6.45) is 7.29. The summed E-state index contributed by atoms with van der Waals surface area (Å²) in [5.74, 6) is 0.404. The molecule has 2 fully saturated rings. The molecular weight excluding hydrogens is 527 g/mol. The van der Waals surface area contributed by atoms with E-state index in [2.05, 4.69) is 34.5 Å². The fourth-order valence-electron chi connectivity index (χ4n) is 5.91. The van der Waals surface area contributed by atoms with Gasteiger partial charge in [0.05, 0.1) is 38.1 Å². The van der Waals surface area contributed by atoms with Gasteiger partial charge in [0.2, 0.25) is 0 Å². The van der Waals surface area contributed by atoms with E-state index in [9.17, 15) is 4.79 Å². The van der Waals surface area contributed by atoms with E-state index in [1.54, 1.807) is 11.3 Å². The monoisotopic (exact) mass is 556 g/mol. The first-order valence-corrected chi connectivity index (χ1v) is 14.5. The van der Waals surface area contributed by atoms with Crippen molar-refractivity contribution in [2.45, 2.75) is 24.7 Å². The van der Waals surface area contributed by atoms with E-state index in [1.165, 1.54) is 10.3 Å². The van der Waals surface area contributed by atoms with E-state index >= 15 is 0 Å². The fraction of sp³-hybridized carbons (Fsp3) is 0.429. The fourth-order valence-corrected chi connectivity index (χ4v) is 6.90. The quantitative estimate of drug-likeness (QED) is 0.405. The van der Waals surface area contributed by atoms with Crippen molar-refractivity contribution in [3.05, 3.63) is 63.1 Å². The van der Waals surface area contributed by atoms with Crippen molar-refractivity contribution in [1.82, 2.24) is 15.2 Å². The standard InChI is InChI=1S/C28H30Cl2N4O2S/c29-21-4-3-19(14-22(21)30)2-1-10-33-11-8-28(9-12-33)17-34(27(35)31-15-20-7-13-36-16-20)23-5-6-24-26(25(23)28)32-18-37-24/h1-6,14,18,20H,7-13,15-17H2,(H,31,35)/b2-1+. The Labute approximate surface area is 231 Å². The Balaban J connectivity index is 1.17. The van der Waals surface area contributed by atoms with Gasteiger partial charge in [-0.25, -0.2) is 9.78 Å². The number of nitrogens with zero attached hydrogens (tertiary/aromatic N) is 3. The molecule has 1 unspecified atom stereocenters. The van der Waals surface area contributed by atoms with Crippen molar-refractivity contribution in [3.63, 3.8) is 0 Å². The molecule has 0 radical (unpaired) electrons. The third-order valence-corrected chi connectivity index (χ3v) is 9.54. The van der Waals surface area contributed by atoms with Crippen molar-refractivity contribution in [2.24, 2.45) is 5.92 Å². The number of likely N-dealkylation sites (tertiary alicyclic amines) is 1. The molecule has 1 N–H and O–H groups in total. The van der Waals surface area contributed by atoms with Gasteiger partial charge in [0.1, 0.15) is 0 Å². The molecule has 2 aromatic carbocycles. The molecular formula is C28H30Cl2N4O2S. The van der Waals surface area contributed by atoms with E-state index in [1.807, 2.05) is 28.6 Å². The number of benzene rings is 2. The SMILES string of the molecule is O=C(NCC1CCOC1)N1CC2(CCN(C/C=C/c3ccc(Cl)c(Cl)c3)CC2)c2c1ccc1scnc21. The maximum absolute atomic E-state index is 13.4. The van der Waals surface area contributed by atoms with Crippen LogP contribution in [-0.2, 0) is 10.2 Å². The van der Waals surface area contributed by atoms with Crippen LogP contribution in [0, 0.1) is 5.92 Å². The average Bonchev–Trinajstić information content (AvgIpc) is 3.65. The van der Waals surface area contributed by atoms with Crippen molar-refractivity contribution in [2.75, 3.05) is 50.8 Å². The Morgan fingerprint density at radius 1 is 1.22 bits per heavy atom. The highest BCUT2D eigenvalue weighted by Gasteiger charge is 2.48. The second-order valence-corrected chi connectivity index (χ2v) is 12.0. The number of hydrogen-bond acceptors (Lipinski definition) is 5. The first kappa shape index (κ1) is 25.1. The molecule has 1 spiro atoms. The summed E-state index contributed by atoms with van der Waals surface area (Å²) in [4.78, 5) is 22.6. The molecule has 0 aliphatic carbocycles. The van der Waals surface area contributed by atoms with Gasteiger partial charge in [-0.3, -0.25) is 9.80 Å². The number of anilines is 1. The van der Waals surface area contributed by atoms with Gasteiger partial charge in [0, 0.05) is 43.1 Å².